The van der Waals surface area contributed by atoms with E-state index in [9.17, 15) is 63.1 Å². The predicted octanol–water partition coefficient (Wildman–Crippen LogP) is 7.48. The highest BCUT2D eigenvalue weighted by atomic mass is 32.1. The highest BCUT2D eigenvalue weighted by molar-refractivity contribution is 7.80. The zero-order valence-corrected chi connectivity index (χ0v) is 40.7. The Bertz CT molecular complexity index is 1350. The third-order valence-corrected chi connectivity index (χ3v) is 13.1. The fraction of sp³-hybridized carbons (Fsp3) is 0.950. The van der Waals surface area contributed by atoms with E-state index >= 15 is 0 Å². The molecular weight excluding hydrogens is 909 g/mol. The number of ether oxygens (including phenoxy) is 2. The van der Waals surface area contributed by atoms with Crippen molar-refractivity contribution < 1.29 is 90.6 Å². The van der Waals surface area contributed by atoms with E-state index in [1.54, 1.807) is 0 Å². The van der Waals surface area contributed by atoms with Crippen LogP contribution in [0.2, 0.25) is 0 Å². The number of esters is 2. The van der Waals surface area contributed by atoms with Crippen molar-refractivity contribution in [2.75, 3.05) is 19.0 Å². The molecule has 0 aromatic rings. The number of rotatable bonds is 40. The molecule has 0 heterocycles. The zero-order chi connectivity index (χ0) is 47.2. The summed E-state index contributed by atoms with van der Waals surface area (Å²) in [7, 11) is -16.6. The van der Waals surface area contributed by atoms with Crippen LogP contribution in [0.25, 0.3) is 0 Å². The van der Waals surface area contributed by atoms with Crippen molar-refractivity contribution in [2.24, 2.45) is 0 Å². The Morgan fingerprint density at radius 3 is 1.27 bits per heavy atom. The van der Waals surface area contributed by atoms with Crippen LogP contribution in [0.1, 0.15) is 180 Å². The van der Waals surface area contributed by atoms with Gasteiger partial charge in [-0.25, -0.2) is 13.7 Å². The molecule has 63 heavy (non-hydrogen) atoms. The average molecular weight is 989 g/mol. The number of hydrogen-bond donors (Lipinski definition) is 9. The molecule has 1 aliphatic carbocycles. The summed E-state index contributed by atoms with van der Waals surface area (Å²) in [5, 5.41) is 31.8. The van der Waals surface area contributed by atoms with E-state index in [2.05, 4.69) is 28.6 Å². The highest BCUT2D eigenvalue weighted by Crippen LogP contribution is 2.51. The zero-order valence-electron chi connectivity index (χ0n) is 37.1. The predicted molar refractivity (Wildman–Crippen MR) is 238 cm³/mol. The molecule has 1 fully saturated rings. The van der Waals surface area contributed by atoms with Gasteiger partial charge in [-0.3, -0.25) is 27.7 Å². The van der Waals surface area contributed by atoms with Crippen molar-refractivity contribution in [2.45, 2.75) is 223 Å². The molecule has 8 atom stereocenters. The largest absolute Gasteiger partial charge is 0.472 e. The molecule has 0 saturated heterocycles. The van der Waals surface area contributed by atoms with Gasteiger partial charge in [0.1, 0.15) is 43.2 Å². The van der Waals surface area contributed by atoms with E-state index < -0.39 is 91.3 Å². The number of aliphatic hydroxyl groups excluding tert-OH is 3. The van der Waals surface area contributed by atoms with Crippen LogP contribution in [0.4, 0.5) is 0 Å². The number of carbonyl (C=O) groups excluding carboxylic acids is 2. The van der Waals surface area contributed by atoms with Crippen molar-refractivity contribution in [1.29, 1.82) is 0 Å². The van der Waals surface area contributed by atoms with Crippen molar-refractivity contribution in [3.05, 3.63) is 0 Å². The summed E-state index contributed by atoms with van der Waals surface area (Å²) in [4.78, 5) is 73.0. The van der Waals surface area contributed by atoms with Gasteiger partial charge in [0.15, 0.2) is 6.10 Å². The van der Waals surface area contributed by atoms with Crippen LogP contribution in [0.5, 0.6) is 0 Å². The Balaban J connectivity index is 2.74. The van der Waals surface area contributed by atoms with Crippen LogP contribution >= 0.6 is 36.1 Å². The number of phosphoric ester groups is 3. The van der Waals surface area contributed by atoms with Gasteiger partial charge in [-0.15, -0.1) is 0 Å². The van der Waals surface area contributed by atoms with Gasteiger partial charge in [-0.1, -0.05) is 148 Å². The first-order valence-corrected chi connectivity index (χ1v) is 28.1. The maximum atomic E-state index is 13.1. The van der Waals surface area contributed by atoms with Crippen LogP contribution in [0.15, 0.2) is 0 Å². The molecule has 19 nitrogen and oxygen atoms in total. The van der Waals surface area contributed by atoms with Crippen LogP contribution in [0.3, 0.4) is 0 Å². The summed E-state index contributed by atoms with van der Waals surface area (Å²) in [5.41, 5.74) is 0. The van der Waals surface area contributed by atoms with Gasteiger partial charge in [0.05, 0.1) is 6.61 Å². The van der Waals surface area contributed by atoms with Gasteiger partial charge in [-0.2, -0.15) is 12.6 Å². The first kappa shape index (κ1) is 60.5. The molecule has 0 aromatic carbocycles. The lowest BCUT2D eigenvalue weighted by molar-refractivity contribution is -0.213. The fourth-order valence-corrected chi connectivity index (χ4v) is 9.59. The maximum absolute atomic E-state index is 13.1. The topological polar surface area (TPSA) is 303 Å². The molecule has 4 unspecified atom stereocenters. The monoisotopic (exact) mass is 988 g/mol. The maximum Gasteiger partial charge on any atom is 0.472 e. The van der Waals surface area contributed by atoms with E-state index in [4.69, 9.17) is 18.5 Å². The average Bonchev–Trinajstić information content (AvgIpc) is 3.20. The summed E-state index contributed by atoms with van der Waals surface area (Å²) in [6, 6.07) is 0. The van der Waals surface area contributed by atoms with E-state index in [-0.39, 0.29) is 12.8 Å². The molecular formula is C40H79O19P3S. The molecule has 0 radical (unpaired) electrons. The third kappa shape index (κ3) is 31.2. The lowest BCUT2D eigenvalue weighted by Crippen LogP contribution is -2.65. The molecule has 23 heteroatoms. The number of hydrogen-bond acceptors (Lipinski definition) is 15. The molecule has 1 saturated carbocycles. The first-order chi connectivity index (χ1) is 29.8. The summed E-state index contributed by atoms with van der Waals surface area (Å²) in [6.07, 6.45) is 11.1. The molecule has 0 aromatic heterocycles. The minimum atomic E-state index is -5.59. The Morgan fingerprint density at radius 2 is 0.857 bits per heavy atom. The first-order valence-electron chi connectivity index (χ1n) is 22.9. The van der Waals surface area contributed by atoms with Crippen LogP contribution < -0.4 is 0 Å². The van der Waals surface area contributed by atoms with E-state index in [0.717, 1.165) is 63.5 Å². The Kier molecular flexibility index (Phi) is 33.4. The Morgan fingerprint density at radius 1 is 0.492 bits per heavy atom. The molecule has 0 amide bonds. The van der Waals surface area contributed by atoms with Gasteiger partial charge >= 0.3 is 35.4 Å². The SMILES string of the molecule is CCCCCCCCCCCCCCCC(=O)O[C@H](COC(=O)CCCCCCCCCCCCCCS)COP(=O)(O)OC1C(O)[C@H](O)[C@@H](OP(=O)(O)O)C(OP(=O)(O)O)[C@@H]1O. The second-order valence-electron chi connectivity index (χ2n) is 16.4. The van der Waals surface area contributed by atoms with Crippen molar-refractivity contribution in [1.82, 2.24) is 0 Å². The standard InChI is InChI=1S/C40H79O19P3S/c1-2-3-4-5-6-7-8-9-13-16-19-22-25-28-34(42)56-32(30-54-33(41)27-24-21-18-15-12-10-11-14-17-20-23-26-29-63)31-55-62(52,53)59-38-35(43)36(44)39(57-60(46,47)48)40(37(38)45)58-61(49,50)51/h32,35-40,43-45,63H,2-31H2,1H3,(H,52,53)(H2,46,47,48)(H2,49,50,51)/t32-,35?,36+,37-,38?,39-,40?/m1/s1. The normalized spacial score (nSPS) is 22.1. The summed E-state index contributed by atoms with van der Waals surface area (Å²) >= 11 is 4.24. The van der Waals surface area contributed by atoms with Crippen LogP contribution in [-0.4, -0.2) is 113 Å². The summed E-state index contributed by atoms with van der Waals surface area (Å²) in [6.45, 7) is 0.728. The fourth-order valence-electron chi connectivity index (χ4n) is 7.27. The number of phosphoric acid groups is 3. The van der Waals surface area contributed by atoms with E-state index in [1.807, 2.05) is 0 Å². The molecule has 8 N–H and O–H groups in total. The van der Waals surface area contributed by atoms with Gasteiger partial charge in [0.2, 0.25) is 0 Å². The lowest BCUT2D eigenvalue weighted by atomic mass is 9.85. The molecule has 1 aliphatic rings. The van der Waals surface area contributed by atoms with Gasteiger partial charge in [0, 0.05) is 12.8 Å². The highest BCUT2D eigenvalue weighted by Gasteiger charge is 2.56. The quantitative estimate of drug-likeness (QED) is 0.0124. The van der Waals surface area contributed by atoms with E-state index in [1.165, 1.54) is 89.9 Å². The number of carbonyl (C=O) groups is 2. The molecule has 1 rings (SSSR count). The summed E-state index contributed by atoms with van der Waals surface area (Å²) in [5.74, 6) is -0.359. The Hall–Kier alpha value is -0.500. The number of aliphatic hydroxyl groups is 3. The van der Waals surface area contributed by atoms with Crippen molar-refractivity contribution in [3.63, 3.8) is 0 Å². The second kappa shape index (κ2) is 34.7. The van der Waals surface area contributed by atoms with Crippen molar-refractivity contribution >= 4 is 48.0 Å². The molecule has 374 valence electrons. The minimum absolute atomic E-state index is 0.00304. The Labute approximate surface area is 379 Å². The summed E-state index contributed by atoms with van der Waals surface area (Å²) < 4.78 is 65.4. The van der Waals surface area contributed by atoms with Crippen LogP contribution in [-0.2, 0) is 50.9 Å². The van der Waals surface area contributed by atoms with E-state index in [0.29, 0.717) is 12.8 Å². The molecule has 0 bridgehead atoms. The number of unbranched alkanes of at least 4 members (excludes halogenated alkanes) is 23. The minimum Gasteiger partial charge on any atom is -0.462 e. The van der Waals surface area contributed by atoms with Gasteiger partial charge in [0.25, 0.3) is 0 Å². The number of thiol groups is 1. The smallest absolute Gasteiger partial charge is 0.462 e. The molecule has 0 spiro atoms. The van der Waals surface area contributed by atoms with Gasteiger partial charge < -0.3 is 49.3 Å². The van der Waals surface area contributed by atoms with Crippen molar-refractivity contribution in [3.8, 4) is 0 Å². The lowest BCUT2D eigenvalue weighted by Gasteiger charge is -2.44. The second-order valence-corrected chi connectivity index (χ2v) is 20.7. The van der Waals surface area contributed by atoms with Gasteiger partial charge in [-0.05, 0) is 25.0 Å². The van der Waals surface area contributed by atoms with Crippen LogP contribution in [0, 0.1) is 0 Å². The molecule has 0 aliphatic heterocycles. The third-order valence-electron chi connectivity index (χ3n) is 10.7.